The van der Waals surface area contributed by atoms with E-state index in [0.29, 0.717) is 13.2 Å². The number of benzene rings is 2. The standard InChI is InChI=1S/C17H19NO3/c1-13-4-2-7-16(10-13)21-9-8-18-17(20)12-14-5-3-6-15(19)11-14/h2-7,10-11,19H,8-9,12H2,1H3,(H,18,20). The molecular formula is C17H19NO3. The SMILES string of the molecule is Cc1cccc(OCCNC(=O)Cc2cccc(O)c2)c1. The number of aryl methyl sites for hydroxylation is 1. The first-order valence-electron chi connectivity index (χ1n) is 6.87. The maximum atomic E-state index is 11.7. The van der Waals surface area contributed by atoms with E-state index in [1.807, 2.05) is 37.3 Å². The van der Waals surface area contributed by atoms with Gasteiger partial charge in [-0.15, -0.1) is 0 Å². The van der Waals surface area contributed by atoms with Crippen molar-refractivity contribution in [2.45, 2.75) is 13.3 Å². The highest BCUT2D eigenvalue weighted by molar-refractivity contribution is 5.78. The number of carbonyl (C=O) groups is 1. The molecule has 0 unspecified atom stereocenters. The largest absolute Gasteiger partial charge is 0.508 e. The minimum atomic E-state index is -0.0894. The molecule has 2 rings (SSSR count). The number of hydrogen-bond donors (Lipinski definition) is 2. The zero-order valence-corrected chi connectivity index (χ0v) is 12.0. The van der Waals surface area contributed by atoms with Crippen molar-refractivity contribution in [1.82, 2.24) is 5.32 Å². The molecule has 4 heteroatoms. The molecule has 0 aliphatic heterocycles. The number of ether oxygens (including phenoxy) is 1. The van der Waals surface area contributed by atoms with Crippen LogP contribution in [0.2, 0.25) is 0 Å². The lowest BCUT2D eigenvalue weighted by atomic mass is 10.1. The molecule has 2 aromatic carbocycles. The Balaban J connectivity index is 1.70. The molecule has 110 valence electrons. The van der Waals surface area contributed by atoms with E-state index in [-0.39, 0.29) is 18.1 Å². The molecule has 0 aliphatic carbocycles. The average Bonchev–Trinajstić information content (AvgIpc) is 2.44. The van der Waals surface area contributed by atoms with Crippen LogP contribution in [0.1, 0.15) is 11.1 Å². The van der Waals surface area contributed by atoms with Gasteiger partial charge < -0.3 is 15.2 Å². The fraction of sp³-hybridized carbons (Fsp3) is 0.235. The monoisotopic (exact) mass is 285 g/mol. The molecule has 1 amide bonds. The summed E-state index contributed by atoms with van der Waals surface area (Å²) in [4.78, 5) is 11.7. The smallest absolute Gasteiger partial charge is 0.224 e. The highest BCUT2D eigenvalue weighted by Gasteiger charge is 2.03. The molecule has 0 spiro atoms. The fourth-order valence-electron chi connectivity index (χ4n) is 1.98. The van der Waals surface area contributed by atoms with Crippen LogP contribution in [0, 0.1) is 6.92 Å². The van der Waals surface area contributed by atoms with Crippen LogP contribution in [0.3, 0.4) is 0 Å². The van der Waals surface area contributed by atoms with Crippen molar-refractivity contribution in [2.75, 3.05) is 13.2 Å². The molecule has 0 heterocycles. The third kappa shape index (κ3) is 5.18. The number of phenolic OH excluding ortho intramolecular Hbond substituents is 1. The molecule has 4 nitrogen and oxygen atoms in total. The molecule has 0 radical (unpaired) electrons. The third-order valence-corrected chi connectivity index (χ3v) is 2.96. The van der Waals surface area contributed by atoms with Crippen molar-refractivity contribution in [3.05, 3.63) is 59.7 Å². The van der Waals surface area contributed by atoms with Gasteiger partial charge in [0.05, 0.1) is 13.0 Å². The maximum absolute atomic E-state index is 11.7. The van der Waals surface area contributed by atoms with Gasteiger partial charge in [-0.25, -0.2) is 0 Å². The first kappa shape index (κ1) is 14.9. The molecular weight excluding hydrogens is 266 g/mol. The molecule has 21 heavy (non-hydrogen) atoms. The summed E-state index contributed by atoms with van der Waals surface area (Å²) >= 11 is 0. The van der Waals surface area contributed by atoms with Crippen LogP contribution >= 0.6 is 0 Å². The van der Waals surface area contributed by atoms with Crippen molar-refractivity contribution in [1.29, 1.82) is 0 Å². The number of nitrogens with one attached hydrogen (secondary N) is 1. The van der Waals surface area contributed by atoms with Gasteiger partial charge in [-0.1, -0.05) is 24.3 Å². The molecule has 2 N–H and O–H groups in total. The normalized spacial score (nSPS) is 10.1. The van der Waals surface area contributed by atoms with Gasteiger partial charge in [0.15, 0.2) is 0 Å². The fourth-order valence-corrected chi connectivity index (χ4v) is 1.98. The number of phenols is 1. The van der Waals surface area contributed by atoms with Gasteiger partial charge >= 0.3 is 0 Å². The summed E-state index contributed by atoms with van der Waals surface area (Å²) in [6, 6.07) is 14.5. The maximum Gasteiger partial charge on any atom is 0.224 e. The van der Waals surface area contributed by atoms with Crippen molar-refractivity contribution < 1.29 is 14.6 Å². The average molecular weight is 285 g/mol. The van der Waals surface area contributed by atoms with Gasteiger partial charge in [0.1, 0.15) is 18.1 Å². The third-order valence-electron chi connectivity index (χ3n) is 2.96. The summed E-state index contributed by atoms with van der Waals surface area (Å²) in [5.74, 6) is 0.883. The summed E-state index contributed by atoms with van der Waals surface area (Å²) in [5.41, 5.74) is 1.92. The van der Waals surface area contributed by atoms with E-state index in [0.717, 1.165) is 16.9 Å². The van der Waals surface area contributed by atoms with Crippen LogP contribution in [0.4, 0.5) is 0 Å². The van der Waals surface area contributed by atoms with Crippen LogP contribution in [0.15, 0.2) is 48.5 Å². The lowest BCUT2D eigenvalue weighted by Crippen LogP contribution is -2.29. The molecule has 0 fully saturated rings. The van der Waals surface area contributed by atoms with E-state index >= 15 is 0 Å². The highest BCUT2D eigenvalue weighted by atomic mass is 16.5. The Morgan fingerprint density at radius 1 is 1.19 bits per heavy atom. The van der Waals surface area contributed by atoms with E-state index in [1.54, 1.807) is 18.2 Å². The Bertz CT molecular complexity index is 610. The summed E-state index contributed by atoms with van der Waals surface area (Å²) in [6.45, 7) is 2.88. The van der Waals surface area contributed by atoms with Crippen molar-refractivity contribution in [3.8, 4) is 11.5 Å². The van der Waals surface area contributed by atoms with E-state index in [1.165, 1.54) is 0 Å². The molecule has 2 aromatic rings. The Hall–Kier alpha value is -2.49. The molecule has 0 saturated carbocycles. The summed E-state index contributed by atoms with van der Waals surface area (Å²) in [7, 11) is 0. The van der Waals surface area contributed by atoms with Gasteiger partial charge in [0.25, 0.3) is 0 Å². The summed E-state index contributed by atoms with van der Waals surface area (Å²) in [6.07, 6.45) is 0.249. The second kappa shape index (κ2) is 7.33. The molecule has 0 atom stereocenters. The topological polar surface area (TPSA) is 58.6 Å². The Kier molecular flexibility index (Phi) is 5.21. The molecule has 0 bridgehead atoms. The van der Waals surface area contributed by atoms with E-state index in [9.17, 15) is 9.90 Å². The first-order valence-corrected chi connectivity index (χ1v) is 6.87. The van der Waals surface area contributed by atoms with Gasteiger partial charge in [0.2, 0.25) is 5.91 Å². The van der Waals surface area contributed by atoms with Gasteiger partial charge in [-0.2, -0.15) is 0 Å². The number of carbonyl (C=O) groups excluding carboxylic acids is 1. The Morgan fingerprint density at radius 3 is 2.76 bits per heavy atom. The van der Waals surface area contributed by atoms with E-state index in [2.05, 4.69) is 5.32 Å². The van der Waals surface area contributed by atoms with Gasteiger partial charge in [0, 0.05) is 0 Å². The number of hydrogen-bond acceptors (Lipinski definition) is 3. The Morgan fingerprint density at radius 2 is 2.00 bits per heavy atom. The van der Waals surface area contributed by atoms with E-state index < -0.39 is 0 Å². The van der Waals surface area contributed by atoms with Crippen LogP contribution < -0.4 is 10.1 Å². The van der Waals surface area contributed by atoms with Crippen LogP contribution in [0.5, 0.6) is 11.5 Å². The minimum Gasteiger partial charge on any atom is -0.508 e. The predicted molar refractivity (Wildman–Crippen MR) is 81.5 cm³/mol. The number of rotatable bonds is 6. The van der Waals surface area contributed by atoms with E-state index in [4.69, 9.17) is 4.74 Å². The van der Waals surface area contributed by atoms with Crippen molar-refractivity contribution in [3.63, 3.8) is 0 Å². The second-order valence-electron chi connectivity index (χ2n) is 4.86. The summed E-state index contributed by atoms with van der Waals surface area (Å²) in [5, 5.41) is 12.1. The molecule has 0 aromatic heterocycles. The van der Waals surface area contributed by atoms with Crippen LogP contribution in [-0.4, -0.2) is 24.2 Å². The zero-order chi connectivity index (χ0) is 15.1. The zero-order valence-electron chi connectivity index (χ0n) is 12.0. The number of amides is 1. The van der Waals surface area contributed by atoms with Crippen molar-refractivity contribution in [2.24, 2.45) is 0 Å². The lowest BCUT2D eigenvalue weighted by molar-refractivity contribution is -0.120. The molecule has 0 aliphatic rings. The first-order chi connectivity index (χ1) is 10.1. The highest BCUT2D eigenvalue weighted by Crippen LogP contribution is 2.12. The van der Waals surface area contributed by atoms with Crippen molar-refractivity contribution >= 4 is 5.91 Å². The van der Waals surface area contributed by atoms with Crippen LogP contribution in [-0.2, 0) is 11.2 Å². The van der Waals surface area contributed by atoms with Gasteiger partial charge in [-0.3, -0.25) is 4.79 Å². The quantitative estimate of drug-likeness (QED) is 0.801. The summed E-state index contributed by atoms with van der Waals surface area (Å²) < 4.78 is 5.55. The van der Waals surface area contributed by atoms with Gasteiger partial charge in [-0.05, 0) is 42.3 Å². The lowest BCUT2D eigenvalue weighted by Gasteiger charge is -2.08. The Labute approximate surface area is 124 Å². The van der Waals surface area contributed by atoms with Crippen LogP contribution in [0.25, 0.3) is 0 Å². The predicted octanol–water partition coefficient (Wildman–Crippen LogP) is 2.44. The molecule has 0 saturated heterocycles. The number of aromatic hydroxyl groups is 1. The minimum absolute atomic E-state index is 0.0894. The second-order valence-corrected chi connectivity index (χ2v) is 4.86.